The Morgan fingerprint density at radius 1 is 1.16 bits per heavy atom. The van der Waals surface area contributed by atoms with Crippen molar-refractivity contribution in [2.24, 2.45) is 0 Å². The zero-order valence-electron chi connectivity index (χ0n) is 17.3. The Morgan fingerprint density at radius 3 is 2.77 bits per heavy atom. The van der Waals surface area contributed by atoms with E-state index in [0.29, 0.717) is 40.2 Å². The lowest BCUT2D eigenvalue weighted by Gasteiger charge is -2.13. The summed E-state index contributed by atoms with van der Waals surface area (Å²) in [4.78, 5) is 21.6. The lowest BCUT2D eigenvalue weighted by Crippen LogP contribution is -2.23. The molecule has 0 aliphatic heterocycles. The molecule has 0 aliphatic carbocycles. The van der Waals surface area contributed by atoms with Gasteiger partial charge in [0.05, 0.1) is 37.9 Å². The molecule has 0 bridgehead atoms. The number of para-hydroxylation sites is 1. The normalized spacial score (nSPS) is 10.7. The molecule has 0 saturated heterocycles. The molecule has 0 atom stereocenters. The summed E-state index contributed by atoms with van der Waals surface area (Å²) >= 11 is 0. The molecule has 1 N–H and O–H groups in total. The molecular weight excluding hydrogens is 398 g/mol. The summed E-state index contributed by atoms with van der Waals surface area (Å²) < 4.78 is 17.6. The van der Waals surface area contributed by atoms with E-state index in [1.807, 2.05) is 18.2 Å². The quantitative estimate of drug-likeness (QED) is 0.491. The number of carbonyl (C=O) groups excluding carboxylic acids is 1. The maximum atomic E-state index is 12.8. The number of hydrogen-bond acceptors (Lipinski definition) is 7. The highest BCUT2D eigenvalue weighted by Crippen LogP contribution is 2.30. The van der Waals surface area contributed by atoms with Crippen LogP contribution in [-0.4, -0.2) is 39.9 Å². The summed E-state index contributed by atoms with van der Waals surface area (Å²) in [5.74, 6) is 1.89. The standard InChI is InChI=1S/C22H21N5O4/c1-14-16(21(28)24-12-15-6-4-7-19(29-2)20(15)30-3)13-25-27(14)22-23-10-9-17(26-22)18-8-5-11-31-18/h4-11,13H,12H2,1-3H3,(H,24,28). The SMILES string of the molecule is COc1cccc(CNC(=O)c2cnn(-c3nccc(-c4ccco4)n3)c2C)c1OC. The molecule has 9 heteroatoms. The minimum atomic E-state index is -0.268. The van der Waals surface area contributed by atoms with Gasteiger partial charge in [0, 0.05) is 18.3 Å². The van der Waals surface area contributed by atoms with Crippen LogP contribution >= 0.6 is 0 Å². The van der Waals surface area contributed by atoms with E-state index in [1.165, 1.54) is 10.9 Å². The number of nitrogens with one attached hydrogen (secondary N) is 1. The Balaban J connectivity index is 1.54. The van der Waals surface area contributed by atoms with Crippen LogP contribution in [0, 0.1) is 6.92 Å². The van der Waals surface area contributed by atoms with Gasteiger partial charge in [0.25, 0.3) is 11.9 Å². The third-order valence-electron chi connectivity index (χ3n) is 4.78. The maximum Gasteiger partial charge on any atom is 0.255 e. The molecule has 3 heterocycles. The Hall–Kier alpha value is -4.14. The highest BCUT2D eigenvalue weighted by Gasteiger charge is 2.18. The molecule has 0 saturated carbocycles. The lowest BCUT2D eigenvalue weighted by atomic mass is 10.1. The molecule has 1 amide bonds. The number of nitrogens with zero attached hydrogens (tertiary/aromatic N) is 4. The van der Waals surface area contributed by atoms with Gasteiger partial charge in [-0.1, -0.05) is 12.1 Å². The number of hydrogen-bond donors (Lipinski definition) is 1. The molecule has 0 fully saturated rings. The van der Waals surface area contributed by atoms with Crippen LogP contribution in [-0.2, 0) is 6.54 Å². The second kappa shape index (κ2) is 8.70. The van der Waals surface area contributed by atoms with Crippen LogP contribution in [0.5, 0.6) is 11.5 Å². The van der Waals surface area contributed by atoms with Crippen molar-refractivity contribution >= 4 is 5.91 Å². The first-order valence-electron chi connectivity index (χ1n) is 9.52. The molecule has 0 unspecified atom stereocenters. The van der Waals surface area contributed by atoms with Gasteiger partial charge in [0.15, 0.2) is 17.3 Å². The summed E-state index contributed by atoms with van der Waals surface area (Å²) in [6.07, 6.45) is 4.70. The van der Waals surface area contributed by atoms with Crippen molar-refractivity contribution in [1.29, 1.82) is 0 Å². The van der Waals surface area contributed by atoms with Crippen LogP contribution in [0.1, 0.15) is 21.6 Å². The van der Waals surface area contributed by atoms with Crippen LogP contribution in [0.2, 0.25) is 0 Å². The second-order valence-electron chi connectivity index (χ2n) is 6.61. The molecule has 4 rings (SSSR count). The molecule has 0 spiro atoms. The van der Waals surface area contributed by atoms with E-state index >= 15 is 0 Å². The summed E-state index contributed by atoms with van der Waals surface area (Å²) in [5, 5.41) is 7.20. The first-order valence-corrected chi connectivity index (χ1v) is 9.52. The highest BCUT2D eigenvalue weighted by molar-refractivity contribution is 5.95. The predicted molar refractivity (Wildman–Crippen MR) is 112 cm³/mol. The number of methoxy groups -OCH3 is 2. The topological polar surface area (TPSA) is 104 Å². The molecular formula is C22H21N5O4. The number of amides is 1. The van der Waals surface area contributed by atoms with Crippen molar-refractivity contribution in [3.8, 4) is 28.9 Å². The van der Waals surface area contributed by atoms with Gasteiger partial charge < -0.3 is 19.2 Å². The third kappa shape index (κ3) is 3.97. The number of aromatic nitrogens is 4. The zero-order chi connectivity index (χ0) is 21.8. The third-order valence-corrected chi connectivity index (χ3v) is 4.78. The van der Waals surface area contributed by atoms with Crippen molar-refractivity contribution in [1.82, 2.24) is 25.1 Å². The van der Waals surface area contributed by atoms with E-state index in [2.05, 4.69) is 20.4 Å². The van der Waals surface area contributed by atoms with Crippen molar-refractivity contribution < 1.29 is 18.7 Å². The van der Waals surface area contributed by atoms with Gasteiger partial charge in [0.2, 0.25) is 0 Å². The van der Waals surface area contributed by atoms with Gasteiger partial charge >= 0.3 is 0 Å². The van der Waals surface area contributed by atoms with Gasteiger partial charge in [0.1, 0.15) is 5.69 Å². The maximum absolute atomic E-state index is 12.8. The minimum Gasteiger partial charge on any atom is -0.493 e. The van der Waals surface area contributed by atoms with Gasteiger partial charge in [-0.15, -0.1) is 0 Å². The van der Waals surface area contributed by atoms with Crippen LogP contribution in [0.4, 0.5) is 0 Å². The Morgan fingerprint density at radius 2 is 2.03 bits per heavy atom. The van der Waals surface area contributed by atoms with Gasteiger partial charge in [-0.05, 0) is 31.2 Å². The summed E-state index contributed by atoms with van der Waals surface area (Å²) in [6, 6.07) is 10.9. The number of rotatable bonds is 7. The van der Waals surface area contributed by atoms with Gasteiger partial charge in [-0.25, -0.2) is 14.6 Å². The predicted octanol–water partition coefficient (Wildman–Crippen LogP) is 3.18. The molecule has 0 aliphatic rings. The van der Waals surface area contributed by atoms with E-state index in [-0.39, 0.29) is 12.5 Å². The van der Waals surface area contributed by atoms with Crippen molar-refractivity contribution in [2.45, 2.75) is 13.5 Å². The zero-order valence-corrected chi connectivity index (χ0v) is 17.3. The Kier molecular flexibility index (Phi) is 5.65. The van der Waals surface area contributed by atoms with Crippen molar-refractivity contribution in [2.75, 3.05) is 14.2 Å². The number of furan rings is 1. The van der Waals surface area contributed by atoms with Crippen LogP contribution in [0.25, 0.3) is 17.4 Å². The van der Waals surface area contributed by atoms with Gasteiger partial charge in [-0.2, -0.15) is 5.10 Å². The number of benzene rings is 1. The molecule has 158 valence electrons. The Labute approximate surface area is 178 Å². The lowest BCUT2D eigenvalue weighted by molar-refractivity contribution is 0.0950. The van der Waals surface area contributed by atoms with Crippen molar-refractivity contribution in [3.05, 3.63) is 71.9 Å². The van der Waals surface area contributed by atoms with Gasteiger partial charge in [-0.3, -0.25) is 4.79 Å². The monoisotopic (exact) mass is 419 g/mol. The highest BCUT2D eigenvalue weighted by atomic mass is 16.5. The van der Waals surface area contributed by atoms with Crippen LogP contribution in [0.15, 0.2) is 59.5 Å². The molecule has 1 aromatic carbocycles. The molecule has 0 radical (unpaired) electrons. The minimum absolute atomic E-state index is 0.268. The smallest absolute Gasteiger partial charge is 0.255 e. The molecule has 4 aromatic rings. The van der Waals surface area contributed by atoms with E-state index in [4.69, 9.17) is 13.9 Å². The Bertz CT molecular complexity index is 1200. The van der Waals surface area contributed by atoms with E-state index in [9.17, 15) is 4.79 Å². The van der Waals surface area contributed by atoms with E-state index in [1.54, 1.807) is 51.8 Å². The fraction of sp³-hybridized carbons (Fsp3) is 0.182. The summed E-state index contributed by atoms with van der Waals surface area (Å²) in [5.41, 5.74) is 2.47. The van der Waals surface area contributed by atoms with E-state index in [0.717, 1.165) is 5.56 Å². The summed E-state index contributed by atoms with van der Waals surface area (Å²) in [6.45, 7) is 2.06. The number of carbonyl (C=O) groups is 1. The average molecular weight is 419 g/mol. The second-order valence-corrected chi connectivity index (χ2v) is 6.61. The number of ether oxygens (including phenoxy) is 2. The fourth-order valence-corrected chi connectivity index (χ4v) is 3.21. The molecule has 9 nitrogen and oxygen atoms in total. The van der Waals surface area contributed by atoms with Crippen LogP contribution in [0.3, 0.4) is 0 Å². The summed E-state index contributed by atoms with van der Waals surface area (Å²) in [7, 11) is 3.13. The average Bonchev–Trinajstić information content (AvgIpc) is 3.47. The first kappa shape index (κ1) is 20.1. The first-order chi connectivity index (χ1) is 15.1. The van der Waals surface area contributed by atoms with Crippen molar-refractivity contribution in [3.63, 3.8) is 0 Å². The fourth-order valence-electron chi connectivity index (χ4n) is 3.21. The molecule has 31 heavy (non-hydrogen) atoms. The molecule has 3 aromatic heterocycles. The van der Waals surface area contributed by atoms with Crippen LogP contribution < -0.4 is 14.8 Å². The van der Waals surface area contributed by atoms with E-state index < -0.39 is 0 Å². The largest absolute Gasteiger partial charge is 0.493 e.